The van der Waals surface area contributed by atoms with Crippen LogP contribution in [0, 0.1) is 5.41 Å². The third kappa shape index (κ3) is 3.44. The molecule has 1 amide bonds. The summed E-state index contributed by atoms with van der Waals surface area (Å²) in [5.41, 5.74) is 5.23. The molecule has 1 aromatic rings. The van der Waals surface area contributed by atoms with E-state index in [1.54, 1.807) is 11.9 Å². The first-order valence-electron chi connectivity index (χ1n) is 5.63. The average Bonchev–Trinajstić information content (AvgIpc) is 2.72. The Labute approximate surface area is 112 Å². The quantitative estimate of drug-likeness (QED) is 0.897. The maximum Gasteiger partial charge on any atom is 0.229 e. The third-order valence-corrected chi connectivity index (χ3v) is 4.33. The van der Waals surface area contributed by atoms with Gasteiger partial charge in [0.05, 0.1) is 16.3 Å². The lowest BCUT2D eigenvalue weighted by molar-refractivity contribution is -0.140. The van der Waals surface area contributed by atoms with E-state index >= 15 is 0 Å². The lowest BCUT2D eigenvalue weighted by atomic mass is 9.86. The number of carbonyl (C=O) groups excluding carboxylic acids is 1. The molecule has 1 rings (SSSR count). The number of thiophene rings is 1. The number of hydrogen-bond donors (Lipinski definition) is 1. The predicted octanol–water partition coefficient (Wildman–Crippen LogP) is 2.73. The fourth-order valence-corrected chi connectivity index (χ4v) is 2.73. The van der Waals surface area contributed by atoms with Gasteiger partial charge < -0.3 is 10.6 Å². The first kappa shape index (κ1) is 14.5. The Hall–Kier alpha value is -0.580. The summed E-state index contributed by atoms with van der Waals surface area (Å²) in [6, 6.07) is 3.80. The molecule has 0 aliphatic heterocycles. The van der Waals surface area contributed by atoms with Crippen molar-refractivity contribution < 1.29 is 4.79 Å². The van der Waals surface area contributed by atoms with Crippen molar-refractivity contribution >= 4 is 28.8 Å². The van der Waals surface area contributed by atoms with Gasteiger partial charge in [0.1, 0.15) is 0 Å². The fraction of sp³-hybridized carbons (Fsp3) is 0.583. The van der Waals surface area contributed by atoms with Crippen molar-refractivity contribution in [3.8, 4) is 0 Å². The Balaban J connectivity index is 2.70. The monoisotopic (exact) mass is 274 g/mol. The minimum Gasteiger partial charge on any atom is -0.340 e. The zero-order valence-corrected chi connectivity index (χ0v) is 12.1. The zero-order chi connectivity index (χ0) is 13.1. The second-order valence-corrected chi connectivity index (χ2v) is 6.29. The molecule has 0 fully saturated rings. The smallest absolute Gasteiger partial charge is 0.229 e. The number of carbonyl (C=O) groups is 1. The molecule has 1 aromatic heterocycles. The van der Waals surface area contributed by atoms with Crippen LogP contribution in [0.3, 0.4) is 0 Å². The molecule has 0 spiro atoms. The Bertz CT molecular complexity index is 388. The van der Waals surface area contributed by atoms with Gasteiger partial charge in [-0.05, 0) is 25.5 Å². The highest BCUT2D eigenvalue weighted by molar-refractivity contribution is 7.16. The van der Waals surface area contributed by atoms with Crippen LogP contribution in [0.4, 0.5) is 0 Å². The Morgan fingerprint density at radius 3 is 2.65 bits per heavy atom. The minimum atomic E-state index is -0.462. The standard InChI is InChI=1S/C12H19ClN2OS/c1-4-12(2,8-14)11(16)15(3)7-9-5-6-10(13)17-9/h5-6H,4,7-8,14H2,1-3H3. The van der Waals surface area contributed by atoms with Crippen LogP contribution >= 0.6 is 22.9 Å². The topological polar surface area (TPSA) is 46.3 Å². The molecule has 0 radical (unpaired) electrons. The molecule has 1 heterocycles. The summed E-state index contributed by atoms with van der Waals surface area (Å²) in [4.78, 5) is 15.1. The van der Waals surface area contributed by atoms with Crippen molar-refractivity contribution in [1.82, 2.24) is 4.90 Å². The van der Waals surface area contributed by atoms with Crippen LogP contribution in [-0.2, 0) is 11.3 Å². The lowest BCUT2D eigenvalue weighted by Crippen LogP contribution is -2.44. The van der Waals surface area contributed by atoms with Crippen molar-refractivity contribution in [2.45, 2.75) is 26.8 Å². The number of rotatable bonds is 5. The van der Waals surface area contributed by atoms with Gasteiger partial charge in [-0.1, -0.05) is 18.5 Å². The van der Waals surface area contributed by atoms with Gasteiger partial charge >= 0.3 is 0 Å². The van der Waals surface area contributed by atoms with E-state index in [2.05, 4.69) is 0 Å². The van der Waals surface area contributed by atoms with Crippen molar-refractivity contribution in [2.75, 3.05) is 13.6 Å². The van der Waals surface area contributed by atoms with E-state index in [0.29, 0.717) is 13.1 Å². The van der Waals surface area contributed by atoms with Crippen molar-refractivity contribution in [1.29, 1.82) is 0 Å². The maximum atomic E-state index is 12.3. The first-order valence-corrected chi connectivity index (χ1v) is 6.82. The SMILES string of the molecule is CCC(C)(CN)C(=O)N(C)Cc1ccc(Cl)s1. The van der Waals surface area contributed by atoms with E-state index in [1.807, 2.05) is 26.0 Å². The molecule has 5 heteroatoms. The zero-order valence-electron chi connectivity index (χ0n) is 10.5. The molecular formula is C12H19ClN2OS. The molecule has 1 unspecified atom stereocenters. The van der Waals surface area contributed by atoms with Crippen LogP contribution in [0.25, 0.3) is 0 Å². The number of nitrogens with zero attached hydrogens (tertiary/aromatic N) is 1. The molecule has 2 N–H and O–H groups in total. The molecule has 0 bridgehead atoms. The minimum absolute atomic E-state index is 0.0898. The van der Waals surface area contributed by atoms with Crippen LogP contribution in [0.5, 0.6) is 0 Å². The van der Waals surface area contributed by atoms with Crippen molar-refractivity contribution in [3.63, 3.8) is 0 Å². The molecule has 96 valence electrons. The Kier molecular flexibility index (Phi) is 4.98. The molecule has 0 saturated heterocycles. The van der Waals surface area contributed by atoms with Crippen LogP contribution in [0.2, 0.25) is 4.34 Å². The van der Waals surface area contributed by atoms with Gasteiger partial charge in [-0.3, -0.25) is 4.79 Å². The molecular weight excluding hydrogens is 256 g/mol. The summed E-state index contributed by atoms with van der Waals surface area (Å²) in [5, 5.41) is 0. The van der Waals surface area contributed by atoms with E-state index in [-0.39, 0.29) is 5.91 Å². The van der Waals surface area contributed by atoms with E-state index in [0.717, 1.165) is 15.6 Å². The largest absolute Gasteiger partial charge is 0.340 e. The lowest BCUT2D eigenvalue weighted by Gasteiger charge is -2.30. The molecule has 0 aliphatic carbocycles. The van der Waals surface area contributed by atoms with Gasteiger partial charge in [-0.2, -0.15) is 0 Å². The molecule has 0 saturated carbocycles. The van der Waals surface area contributed by atoms with Gasteiger partial charge in [-0.25, -0.2) is 0 Å². The van der Waals surface area contributed by atoms with E-state index in [4.69, 9.17) is 17.3 Å². The van der Waals surface area contributed by atoms with Gasteiger partial charge in [0.25, 0.3) is 0 Å². The summed E-state index contributed by atoms with van der Waals surface area (Å²) in [6.07, 6.45) is 0.748. The number of halogens is 1. The predicted molar refractivity (Wildman–Crippen MR) is 73.3 cm³/mol. The number of hydrogen-bond acceptors (Lipinski definition) is 3. The summed E-state index contributed by atoms with van der Waals surface area (Å²) in [7, 11) is 1.81. The van der Waals surface area contributed by atoms with E-state index in [1.165, 1.54) is 11.3 Å². The highest BCUT2D eigenvalue weighted by Crippen LogP contribution is 2.26. The van der Waals surface area contributed by atoms with E-state index in [9.17, 15) is 4.79 Å². The summed E-state index contributed by atoms with van der Waals surface area (Å²) in [6.45, 7) is 4.86. The van der Waals surface area contributed by atoms with Crippen LogP contribution in [0.1, 0.15) is 25.1 Å². The highest BCUT2D eigenvalue weighted by atomic mass is 35.5. The average molecular weight is 275 g/mol. The maximum absolute atomic E-state index is 12.3. The molecule has 17 heavy (non-hydrogen) atoms. The van der Waals surface area contributed by atoms with Crippen LogP contribution in [-0.4, -0.2) is 24.4 Å². The van der Waals surface area contributed by atoms with Gasteiger partial charge in [0.15, 0.2) is 0 Å². The second kappa shape index (κ2) is 5.85. The molecule has 0 aromatic carbocycles. The summed E-state index contributed by atoms with van der Waals surface area (Å²) < 4.78 is 0.748. The third-order valence-electron chi connectivity index (χ3n) is 3.12. The second-order valence-electron chi connectivity index (χ2n) is 4.49. The first-order chi connectivity index (χ1) is 7.92. The van der Waals surface area contributed by atoms with Gasteiger partial charge in [0.2, 0.25) is 5.91 Å². The highest BCUT2D eigenvalue weighted by Gasteiger charge is 2.32. The van der Waals surface area contributed by atoms with Crippen LogP contribution < -0.4 is 5.73 Å². The summed E-state index contributed by atoms with van der Waals surface area (Å²) >= 11 is 7.36. The fourth-order valence-electron chi connectivity index (χ4n) is 1.59. The van der Waals surface area contributed by atoms with Gasteiger partial charge in [-0.15, -0.1) is 11.3 Å². The number of nitrogens with two attached hydrogens (primary N) is 1. The molecule has 1 atom stereocenters. The molecule has 0 aliphatic rings. The van der Waals surface area contributed by atoms with Crippen molar-refractivity contribution in [2.24, 2.45) is 11.1 Å². The Morgan fingerprint density at radius 1 is 1.59 bits per heavy atom. The number of amides is 1. The molecule has 3 nitrogen and oxygen atoms in total. The summed E-state index contributed by atoms with van der Waals surface area (Å²) in [5.74, 6) is 0.0898. The van der Waals surface area contributed by atoms with Crippen LogP contribution in [0.15, 0.2) is 12.1 Å². The normalized spacial score (nSPS) is 14.4. The van der Waals surface area contributed by atoms with Crippen molar-refractivity contribution in [3.05, 3.63) is 21.3 Å². The van der Waals surface area contributed by atoms with Gasteiger partial charge in [0, 0.05) is 18.5 Å². The van der Waals surface area contributed by atoms with E-state index < -0.39 is 5.41 Å². The Morgan fingerprint density at radius 2 is 2.24 bits per heavy atom.